The molecular weight excluding hydrogens is 441 g/mol. The van der Waals surface area contributed by atoms with E-state index in [0.717, 1.165) is 30.7 Å². The van der Waals surface area contributed by atoms with Crippen molar-refractivity contribution in [2.45, 2.75) is 0 Å². The third-order valence-electron chi connectivity index (χ3n) is 4.71. The summed E-state index contributed by atoms with van der Waals surface area (Å²) in [5.74, 6) is 2.17. The molecule has 0 aliphatic carbocycles. The van der Waals surface area contributed by atoms with Crippen LogP contribution < -0.4 is 10.1 Å². The molecule has 2 aliphatic heterocycles. The van der Waals surface area contributed by atoms with Crippen LogP contribution in [0, 0.1) is 11.8 Å². The number of ether oxygens (including phenoxy) is 1. The van der Waals surface area contributed by atoms with Crippen LogP contribution in [0.2, 0.25) is 0 Å². The number of hydrogen-bond acceptors (Lipinski definition) is 4. The molecule has 0 radical (unpaired) electrons. The molecule has 1 aromatic heterocycles. The van der Waals surface area contributed by atoms with Gasteiger partial charge < -0.3 is 15.0 Å². The Balaban J connectivity index is 0.00000121. The van der Waals surface area contributed by atoms with Crippen LogP contribution in [0.4, 0.5) is 0 Å². The maximum absolute atomic E-state index is 12.9. The maximum Gasteiger partial charge on any atom is 0.259 e. The molecule has 2 atom stereocenters. The zero-order chi connectivity index (χ0) is 16.5. The van der Waals surface area contributed by atoms with Crippen molar-refractivity contribution in [3.8, 4) is 11.6 Å². The van der Waals surface area contributed by atoms with E-state index < -0.39 is 0 Å². The number of fused-ring (bicyclic) bond motifs is 1. The molecule has 1 aromatic carbocycles. The van der Waals surface area contributed by atoms with Gasteiger partial charge in [-0.3, -0.25) is 4.79 Å². The molecule has 8 heteroatoms. The minimum absolute atomic E-state index is 0. The van der Waals surface area contributed by atoms with Crippen LogP contribution in [-0.4, -0.2) is 42.0 Å². The second-order valence-electron chi connectivity index (χ2n) is 6.30. The standard InChI is InChI=1S/C18H18BrN3O2.2ClH/c19-14-3-5-15(6-4-14)24-17-16(2-1-7-21-17)18(23)22-10-12-8-20-9-13(12)11-22;;/h1-7,12-13,20H,8-11H2;2*1H/t12-,13+;;. The lowest BCUT2D eigenvalue weighted by atomic mass is 10.0. The highest BCUT2D eigenvalue weighted by Crippen LogP contribution is 2.30. The minimum atomic E-state index is 0. The van der Waals surface area contributed by atoms with Crippen LogP contribution in [0.5, 0.6) is 11.6 Å². The average molecular weight is 461 g/mol. The summed E-state index contributed by atoms with van der Waals surface area (Å²) in [5.41, 5.74) is 0.522. The van der Waals surface area contributed by atoms with E-state index in [4.69, 9.17) is 4.74 Å². The highest BCUT2D eigenvalue weighted by molar-refractivity contribution is 9.10. The number of nitrogens with one attached hydrogen (secondary N) is 1. The van der Waals surface area contributed by atoms with E-state index in [1.807, 2.05) is 29.2 Å². The van der Waals surface area contributed by atoms with Crippen LogP contribution >= 0.6 is 40.7 Å². The van der Waals surface area contributed by atoms with E-state index >= 15 is 0 Å². The monoisotopic (exact) mass is 459 g/mol. The molecule has 2 aliphatic rings. The van der Waals surface area contributed by atoms with Gasteiger partial charge in [-0.05, 0) is 48.2 Å². The van der Waals surface area contributed by atoms with E-state index in [2.05, 4.69) is 26.2 Å². The highest BCUT2D eigenvalue weighted by atomic mass is 79.9. The van der Waals surface area contributed by atoms with E-state index in [1.54, 1.807) is 18.3 Å². The molecule has 0 spiro atoms. The van der Waals surface area contributed by atoms with Crippen LogP contribution in [0.25, 0.3) is 0 Å². The Kier molecular flexibility index (Phi) is 7.29. The number of likely N-dealkylation sites (tertiary alicyclic amines) is 1. The first-order chi connectivity index (χ1) is 11.7. The molecule has 4 rings (SSSR count). The third kappa shape index (κ3) is 4.31. The number of carbonyl (C=O) groups excluding carboxylic acids is 1. The van der Waals surface area contributed by atoms with Crippen LogP contribution in [-0.2, 0) is 0 Å². The molecule has 140 valence electrons. The summed E-state index contributed by atoms with van der Waals surface area (Å²) >= 11 is 3.40. The van der Waals surface area contributed by atoms with Crippen molar-refractivity contribution in [1.29, 1.82) is 0 Å². The Morgan fingerprint density at radius 2 is 1.77 bits per heavy atom. The van der Waals surface area contributed by atoms with Gasteiger partial charge >= 0.3 is 0 Å². The van der Waals surface area contributed by atoms with Crippen LogP contribution in [0.1, 0.15) is 10.4 Å². The van der Waals surface area contributed by atoms with Crippen molar-refractivity contribution in [3.63, 3.8) is 0 Å². The summed E-state index contributed by atoms with van der Waals surface area (Å²) < 4.78 is 6.82. The number of amides is 1. The average Bonchev–Trinajstić information content (AvgIpc) is 3.19. The van der Waals surface area contributed by atoms with Gasteiger partial charge in [-0.25, -0.2) is 4.98 Å². The molecular formula is C18H20BrCl2N3O2. The van der Waals surface area contributed by atoms with Gasteiger partial charge in [0.25, 0.3) is 5.91 Å². The van der Waals surface area contributed by atoms with Crippen molar-refractivity contribution in [1.82, 2.24) is 15.2 Å². The van der Waals surface area contributed by atoms with Gasteiger partial charge in [0.1, 0.15) is 11.3 Å². The van der Waals surface area contributed by atoms with Gasteiger partial charge in [0, 0.05) is 36.8 Å². The van der Waals surface area contributed by atoms with Crippen molar-refractivity contribution in [2.24, 2.45) is 11.8 Å². The topological polar surface area (TPSA) is 54.5 Å². The zero-order valence-corrected chi connectivity index (χ0v) is 17.1. The smallest absolute Gasteiger partial charge is 0.259 e. The Morgan fingerprint density at radius 3 is 2.42 bits per heavy atom. The molecule has 5 nitrogen and oxygen atoms in total. The van der Waals surface area contributed by atoms with Gasteiger partial charge in [0.05, 0.1) is 0 Å². The lowest BCUT2D eigenvalue weighted by Crippen LogP contribution is -2.32. The lowest BCUT2D eigenvalue weighted by molar-refractivity contribution is 0.0778. The second kappa shape index (κ2) is 9.04. The van der Waals surface area contributed by atoms with E-state index in [-0.39, 0.29) is 30.7 Å². The first-order valence-electron chi connectivity index (χ1n) is 8.09. The summed E-state index contributed by atoms with van der Waals surface area (Å²) in [6, 6.07) is 11.1. The molecule has 1 N–H and O–H groups in total. The first-order valence-corrected chi connectivity index (χ1v) is 8.88. The van der Waals surface area contributed by atoms with E-state index in [9.17, 15) is 4.79 Å². The molecule has 2 fully saturated rings. The molecule has 0 bridgehead atoms. The maximum atomic E-state index is 12.9. The van der Waals surface area contributed by atoms with E-state index in [1.165, 1.54) is 0 Å². The molecule has 1 amide bonds. The summed E-state index contributed by atoms with van der Waals surface area (Å²) in [5, 5.41) is 3.39. The zero-order valence-electron chi connectivity index (χ0n) is 13.9. The Labute approximate surface area is 173 Å². The molecule has 2 saturated heterocycles. The first kappa shape index (κ1) is 21.0. The summed E-state index contributed by atoms with van der Waals surface area (Å²) in [7, 11) is 0. The van der Waals surface area contributed by atoms with Crippen molar-refractivity contribution in [2.75, 3.05) is 26.2 Å². The number of pyridine rings is 1. The number of nitrogens with zero attached hydrogens (tertiary/aromatic N) is 2. The second-order valence-corrected chi connectivity index (χ2v) is 7.22. The van der Waals surface area contributed by atoms with Gasteiger partial charge in [0.2, 0.25) is 5.88 Å². The Bertz CT molecular complexity index is 748. The molecule has 3 heterocycles. The van der Waals surface area contributed by atoms with Gasteiger partial charge in [-0.15, -0.1) is 24.8 Å². The Morgan fingerprint density at radius 1 is 1.12 bits per heavy atom. The highest BCUT2D eigenvalue weighted by Gasteiger charge is 2.38. The third-order valence-corrected chi connectivity index (χ3v) is 5.24. The fraction of sp³-hybridized carbons (Fsp3) is 0.333. The fourth-order valence-corrected chi connectivity index (χ4v) is 3.71. The quantitative estimate of drug-likeness (QED) is 0.757. The number of halogens is 3. The van der Waals surface area contributed by atoms with E-state index in [0.29, 0.717) is 29.0 Å². The molecule has 2 aromatic rings. The van der Waals surface area contributed by atoms with Gasteiger partial charge in [-0.1, -0.05) is 15.9 Å². The fourth-order valence-electron chi connectivity index (χ4n) is 3.44. The number of rotatable bonds is 3. The van der Waals surface area contributed by atoms with Crippen LogP contribution in [0.15, 0.2) is 47.1 Å². The summed E-state index contributed by atoms with van der Waals surface area (Å²) in [4.78, 5) is 19.1. The molecule has 0 unspecified atom stereocenters. The van der Waals surface area contributed by atoms with Crippen LogP contribution in [0.3, 0.4) is 0 Å². The number of aromatic nitrogens is 1. The predicted molar refractivity (Wildman–Crippen MR) is 109 cm³/mol. The summed E-state index contributed by atoms with van der Waals surface area (Å²) in [6.45, 7) is 3.62. The van der Waals surface area contributed by atoms with Gasteiger partial charge in [-0.2, -0.15) is 0 Å². The summed E-state index contributed by atoms with van der Waals surface area (Å²) in [6.07, 6.45) is 1.65. The molecule has 26 heavy (non-hydrogen) atoms. The normalized spacial score (nSPS) is 20.7. The number of benzene rings is 1. The largest absolute Gasteiger partial charge is 0.438 e. The van der Waals surface area contributed by atoms with Gasteiger partial charge in [0.15, 0.2) is 0 Å². The van der Waals surface area contributed by atoms with Crippen molar-refractivity contribution >= 4 is 46.7 Å². The SMILES string of the molecule is Cl.Cl.O=C(c1cccnc1Oc1ccc(Br)cc1)N1C[C@H]2CNC[C@H]2C1. The number of hydrogen-bond donors (Lipinski definition) is 1. The van der Waals surface area contributed by atoms with Crippen molar-refractivity contribution < 1.29 is 9.53 Å². The minimum Gasteiger partial charge on any atom is -0.438 e. The lowest BCUT2D eigenvalue weighted by Gasteiger charge is -2.19. The number of carbonyl (C=O) groups is 1. The molecule has 0 saturated carbocycles. The van der Waals surface area contributed by atoms with Crippen molar-refractivity contribution in [3.05, 3.63) is 52.6 Å². The Hall–Kier alpha value is -1.34. The predicted octanol–water partition coefficient (Wildman–Crippen LogP) is 3.77.